The molecule has 3 nitrogen and oxygen atoms in total. The normalized spacial score (nSPS) is 12.0. The fourth-order valence-corrected chi connectivity index (χ4v) is 2.33. The Hall–Kier alpha value is 0.270. The predicted octanol–water partition coefficient (Wildman–Crippen LogP) is -0.696. The molecule has 90 valence electrons. The third-order valence-corrected chi connectivity index (χ3v) is 3.78. The van der Waals surface area contributed by atoms with Gasteiger partial charge >= 0.3 is 35.7 Å². The van der Waals surface area contributed by atoms with Gasteiger partial charge in [0.25, 0.3) is 0 Å². The van der Waals surface area contributed by atoms with Crippen molar-refractivity contribution in [1.82, 2.24) is 0 Å². The van der Waals surface area contributed by atoms with Crippen LogP contribution in [-0.4, -0.2) is 18.1 Å². The molecule has 0 saturated carbocycles. The molecule has 1 rings (SSSR count). The van der Waals surface area contributed by atoms with Gasteiger partial charge in [0.05, 0.1) is 10.6 Å². The summed E-state index contributed by atoms with van der Waals surface area (Å²) in [6.45, 7) is 0. The molecule has 0 aliphatic heterocycles. The van der Waals surface area contributed by atoms with Crippen LogP contribution in [0, 0.1) is 0 Å². The summed E-state index contributed by atoms with van der Waals surface area (Å²) in [5.41, 5.74) is -0.818. The van der Waals surface area contributed by atoms with Crippen molar-refractivity contribution in [3.63, 3.8) is 0 Å². The quantitative estimate of drug-likeness (QED) is 0.420. The smallest absolute Gasteiger partial charge is 0.747 e. The Morgan fingerprint density at radius 2 is 1.65 bits per heavy atom. The average molecular weight is 294 g/mol. The molecule has 1 aromatic rings. The second kappa shape index (κ2) is 6.44. The summed E-state index contributed by atoms with van der Waals surface area (Å²) in [6, 6.07) is 3.91. The number of alkyl halides is 3. The first-order valence-corrected chi connectivity index (χ1v) is 6.48. The van der Waals surface area contributed by atoms with Crippen molar-refractivity contribution in [3.8, 4) is 0 Å². The summed E-state index contributed by atoms with van der Waals surface area (Å²) in [7, 11) is -4.37. The van der Waals surface area contributed by atoms with E-state index in [1.165, 1.54) is 0 Å². The Morgan fingerprint density at radius 1 is 1.18 bits per heavy atom. The molecule has 0 aliphatic rings. The van der Waals surface area contributed by atoms with Gasteiger partial charge in [0.2, 0.25) is 0 Å². The molecule has 0 spiro atoms. The van der Waals surface area contributed by atoms with E-state index in [-0.39, 0.29) is 29.6 Å². The second-order valence-electron chi connectivity index (χ2n) is 2.84. The van der Waals surface area contributed by atoms with Crippen molar-refractivity contribution in [3.05, 3.63) is 29.8 Å². The van der Waals surface area contributed by atoms with Crippen LogP contribution in [0.15, 0.2) is 29.2 Å². The molecule has 0 heterocycles. The molecule has 17 heavy (non-hydrogen) atoms. The van der Waals surface area contributed by atoms with E-state index < -0.39 is 26.9 Å². The molecule has 0 aliphatic carbocycles. The molecule has 0 amide bonds. The van der Waals surface area contributed by atoms with E-state index in [0.717, 1.165) is 24.3 Å². The van der Waals surface area contributed by atoms with Crippen molar-refractivity contribution in [2.45, 2.75) is 11.1 Å². The van der Waals surface area contributed by atoms with Crippen molar-refractivity contribution in [2.75, 3.05) is 5.08 Å². The Morgan fingerprint density at radius 3 is 2.00 bits per heavy atom. The number of rotatable bonds is 3. The molecule has 0 bridgehead atoms. The molecule has 0 radical (unpaired) electrons. The van der Waals surface area contributed by atoms with Gasteiger partial charge in [0.15, 0.2) is 0 Å². The van der Waals surface area contributed by atoms with Crippen LogP contribution in [0.5, 0.6) is 0 Å². The van der Waals surface area contributed by atoms with E-state index in [1.54, 1.807) is 0 Å². The van der Waals surface area contributed by atoms with Crippen molar-refractivity contribution < 1.29 is 55.7 Å². The Labute approximate surface area is 123 Å². The van der Waals surface area contributed by atoms with Crippen LogP contribution in [0.1, 0.15) is 5.56 Å². The summed E-state index contributed by atoms with van der Waals surface area (Å²) in [6.07, 6.45) is -4.42. The van der Waals surface area contributed by atoms with E-state index >= 15 is 0 Å². The van der Waals surface area contributed by atoms with Crippen molar-refractivity contribution in [1.29, 1.82) is 0 Å². The Bertz CT molecular complexity index is 456. The van der Waals surface area contributed by atoms with E-state index in [4.69, 9.17) is 0 Å². The van der Waals surface area contributed by atoms with Crippen LogP contribution >= 0.6 is 11.8 Å². The summed E-state index contributed by atoms with van der Waals surface area (Å²) >= 11 is 0.679. The fourth-order valence-electron chi connectivity index (χ4n) is 0.880. The van der Waals surface area contributed by atoms with Gasteiger partial charge < -0.3 is 4.55 Å². The van der Waals surface area contributed by atoms with Gasteiger partial charge in [0.1, 0.15) is 10.1 Å². The van der Waals surface area contributed by atoms with E-state index in [2.05, 4.69) is 0 Å². The molecule has 0 N–H and O–H groups in total. The molecular formula is C8H6F3NaO3S2. The van der Waals surface area contributed by atoms with Gasteiger partial charge in [-0.3, -0.25) is 0 Å². The zero-order valence-corrected chi connectivity index (χ0v) is 12.3. The first-order chi connectivity index (χ1) is 7.18. The molecular weight excluding hydrogens is 288 g/mol. The number of thioether (sulfide) groups is 1. The van der Waals surface area contributed by atoms with Gasteiger partial charge in [-0.25, -0.2) is 8.42 Å². The van der Waals surface area contributed by atoms with Crippen molar-refractivity contribution in [2.24, 2.45) is 0 Å². The van der Waals surface area contributed by atoms with E-state index in [1.807, 2.05) is 0 Å². The maximum Gasteiger partial charge on any atom is 1.00 e. The molecule has 0 atom stereocenters. The standard InChI is InChI=1S/C8H7F3O3S2.Na/c9-8(10,11)6-1-3-7(4-2-6)15-5-16(12,13)14;/h1-4H,5H2,(H,12,13,14);/q;+1/p-1. The molecule has 0 aromatic heterocycles. The minimum atomic E-state index is -4.42. The summed E-state index contributed by atoms with van der Waals surface area (Å²) < 4.78 is 67.2. The SMILES string of the molecule is O=S(=O)([O-])CSc1ccc(C(F)(F)F)cc1.[Na+]. The van der Waals surface area contributed by atoms with Crippen molar-refractivity contribution >= 4 is 21.9 Å². The predicted molar refractivity (Wildman–Crippen MR) is 51.9 cm³/mol. The van der Waals surface area contributed by atoms with Crippen LogP contribution in [0.25, 0.3) is 0 Å². The van der Waals surface area contributed by atoms with Crippen LogP contribution < -0.4 is 29.6 Å². The number of benzene rings is 1. The molecule has 0 unspecified atom stereocenters. The monoisotopic (exact) mass is 294 g/mol. The Kier molecular flexibility index (Phi) is 6.54. The van der Waals surface area contributed by atoms with Gasteiger partial charge in [0, 0.05) is 4.90 Å². The summed E-state index contributed by atoms with van der Waals surface area (Å²) in [4.78, 5) is 0.299. The maximum absolute atomic E-state index is 12.1. The minimum Gasteiger partial charge on any atom is -0.747 e. The molecule has 0 saturated heterocycles. The first-order valence-electron chi connectivity index (χ1n) is 3.92. The van der Waals surface area contributed by atoms with Gasteiger partial charge in [-0.2, -0.15) is 13.2 Å². The first kappa shape index (κ1) is 17.3. The van der Waals surface area contributed by atoms with Gasteiger partial charge in [-0.05, 0) is 24.3 Å². The molecule has 0 fully saturated rings. The third kappa shape index (κ3) is 6.68. The molecule has 1 aromatic carbocycles. The number of hydrogen-bond acceptors (Lipinski definition) is 4. The second-order valence-corrected chi connectivity index (χ2v) is 5.66. The van der Waals surface area contributed by atoms with E-state index in [0.29, 0.717) is 16.7 Å². The van der Waals surface area contributed by atoms with E-state index in [9.17, 15) is 26.1 Å². The fraction of sp³-hybridized carbons (Fsp3) is 0.250. The maximum atomic E-state index is 12.1. The van der Waals surface area contributed by atoms with Gasteiger partial charge in [-0.15, -0.1) is 11.8 Å². The topological polar surface area (TPSA) is 57.2 Å². The zero-order chi connectivity index (χ0) is 12.4. The number of hydrogen-bond donors (Lipinski definition) is 0. The molecule has 9 heteroatoms. The largest absolute Gasteiger partial charge is 1.00 e. The summed E-state index contributed by atoms with van der Waals surface area (Å²) in [5, 5.41) is -0.696. The Balaban J connectivity index is 0.00000256. The van der Waals surface area contributed by atoms with Crippen LogP contribution in [0.2, 0.25) is 0 Å². The minimum absolute atomic E-state index is 0. The summed E-state index contributed by atoms with van der Waals surface area (Å²) in [5.74, 6) is 0. The third-order valence-electron chi connectivity index (χ3n) is 1.55. The average Bonchev–Trinajstić information content (AvgIpc) is 2.13. The number of halogens is 3. The zero-order valence-electron chi connectivity index (χ0n) is 8.69. The van der Waals surface area contributed by atoms with Crippen LogP contribution in [-0.2, 0) is 16.3 Å². The van der Waals surface area contributed by atoms with Crippen LogP contribution in [0.3, 0.4) is 0 Å². The van der Waals surface area contributed by atoms with Gasteiger partial charge in [-0.1, -0.05) is 0 Å². The van der Waals surface area contributed by atoms with Crippen LogP contribution in [0.4, 0.5) is 13.2 Å².